The SMILES string of the molecule is CN1CCN([C@@H]2CCN(Cc3ccc(-n4ccnc4)cc3)C[C@@H]2CCCO)CC1. The predicted octanol–water partition coefficient (Wildman–Crippen LogP) is 2.08. The van der Waals surface area contributed by atoms with E-state index in [-0.39, 0.29) is 0 Å². The molecule has 2 atom stereocenters. The van der Waals surface area contributed by atoms with Gasteiger partial charge < -0.3 is 14.6 Å². The number of benzene rings is 1. The van der Waals surface area contributed by atoms with Crippen molar-refractivity contribution in [2.45, 2.75) is 31.8 Å². The van der Waals surface area contributed by atoms with Crippen LogP contribution in [0, 0.1) is 5.92 Å². The first-order valence-electron chi connectivity index (χ1n) is 11.1. The van der Waals surface area contributed by atoms with Gasteiger partial charge in [0.25, 0.3) is 0 Å². The van der Waals surface area contributed by atoms with Gasteiger partial charge in [-0.05, 0) is 56.5 Å². The highest BCUT2D eigenvalue weighted by Gasteiger charge is 2.33. The Balaban J connectivity index is 1.36. The molecular formula is C23H35N5O. The van der Waals surface area contributed by atoms with Crippen LogP contribution in [-0.4, -0.2) is 88.3 Å². The molecule has 29 heavy (non-hydrogen) atoms. The first kappa shape index (κ1) is 20.5. The second-order valence-electron chi connectivity index (χ2n) is 8.69. The van der Waals surface area contributed by atoms with Gasteiger partial charge in [-0.25, -0.2) is 4.98 Å². The van der Waals surface area contributed by atoms with Gasteiger partial charge in [0.05, 0.1) is 6.33 Å². The summed E-state index contributed by atoms with van der Waals surface area (Å²) in [7, 11) is 2.22. The fourth-order valence-corrected chi connectivity index (χ4v) is 4.95. The van der Waals surface area contributed by atoms with E-state index in [1.807, 2.05) is 23.3 Å². The lowest BCUT2D eigenvalue weighted by atomic mass is 9.86. The molecule has 0 spiro atoms. The smallest absolute Gasteiger partial charge is 0.0991 e. The zero-order valence-corrected chi connectivity index (χ0v) is 17.7. The van der Waals surface area contributed by atoms with E-state index in [0.717, 1.165) is 38.2 Å². The van der Waals surface area contributed by atoms with Crippen LogP contribution in [0.5, 0.6) is 0 Å². The number of hydrogen-bond acceptors (Lipinski definition) is 5. The maximum absolute atomic E-state index is 9.39. The molecule has 2 aromatic rings. The molecule has 158 valence electrons. The van der Waals surface area contributed by atoms with E-state index in [1.54, 1.807) is 0 Å². The molecule has 2 saturated heterocycles. The Bertz CT molecular complexity index is 724. The summed E-state index contributed by atoms with van der Waals surface area (Å²) < 4.78 is 2.04. The molecule has 1 aromatic heterocycles. The molecule has 2 fully saturated rings. The number of likely N-dealkylation sites (N-methyl/N-ethyl adjacent to an activating group) is 1. The van der Waals surface area contributed by atoms with Crippen molar-refractivity contribution in [3.8, 4) is 5.69 Å². The maximum Gasteiger partial charge on any atom is 0.0991 e. The number of aromatic nitrogens is 2. The molecule has 0 bridgehead atoms. The Hall–Kier alpha value is -1.73. The van der Waals surface area contributed by atoms with Crippen molar-refractivity contribution >= 4 is 0 Å². The van der Waals surface area contributed by atoms with Gasteiger partial charge in [0.15, 0.2) is 0 Å². The third kappa shape index (κ3) is 5.25. The average Bonchev–Trinajstić information content (AvgIpc) is 3.29. The second kappa shape index (κ2) is 9.85. The molecule has 0 saturated carbocycles. The van der Waals surface area contributed by atoms with E-state index in [9.17, 15) is 5.11 Å². The first-order chi connectivity index (χ1) is 14.2. The maximum atomic E-state index is 9.39. The summed E-state index contributed by atoms with van der Waals surface area (Å²) in [5, 5.41) is 9.39. The Labute approximate surface area is 174 Å². The minimum atomic E-state index is 0.307. The van der Waals surface area contributed by atoms with Gasteiger partial charge in [0.2, 0.25) is 0 Å². The van der Waals surface area contributed by atoms with Crippen molar-refractivity contribution in [3.63, 3.8) is 0 Å². The van der Waals surface area contributed by atoms with E-state index in [1.165, 1.54) is 38.2 Å². The van der Waals surface area contributed by atoms with Crippen molar-refractivity contribution < 1.29 is 5.11 Å². The number of hydrogen-bond donors (Lipinski definition) is 1. The van der Waals surface area contributed by atoms with Crippen LogP contribution in [0.2, 0.25) is 0 Å². The number of imidazole rings is 1. The molecule has 0 amide bonds. The van der Waals surface area contributed by atoms with Crippen molar-refractivity contribution in [2.24, 2.45) is 5.92 Å². The van der Waals surface area contributed by atoms with Crippen molar-refractivity contribution in [1.82, 2.24) is 24.3 Å². The topological polar surface area (TPSA) is 47.8 Å². The standard InChI is InChI=1S/C23H35N5O/c1-25-12-14-27(15-13-25)23-8-10-26(18-21(23)3-2-16-29)17-20-4-6-22(7-5-20)28-11-9-24-19-28/h4-7,9,11,19,21,23,29H,2-3,8,10,12-18H2,1H3/t21-,23+/m0/s1. The van der Waals surface area contributed by atoms with Crippen LogP contribution in [0.1, 0.15) is 24.8 Å². The number of aliphatic hydroxyl groups excluding tert-OH is 1. The second-order valence-corrected chi connectivity index (χ2v) is 8.69. The minimum absolute atomic E-state index is 0.307. The Morgan fingerprint density at radius 2 is 1.86 bits per heavy atom. The third-order valence-electron chi connectivity index (χ3n) is 6.66. The molecule has 1 aromatic carbocycles. The van der Waals surface area contributed by atoms with E-state index >= 15 is 0 Å². The molecule has 1 N–H and O–H groups in total. The van der Waals surface area contributed by atoms with E-state index in [2.05, 4.69) is 51.0 Å². The van der Waals surface area contributed by atoms with Gasteiger partial charge in [-0.1, -0.05) is 12.1 Å². The lowest BCUT2D eigenvalue weighted by Crippen LogP contribution is -2.56. The first-order valence-corrected chi connectivity index (χ1v) is 11.1. The van der Waals surface area contributed by atoms with E-state index in [4.69, 9.17) is 0 Å². The number of piperidine rings is 1. The molecule has 0 unspecified atom stereocenters. The molecule has 0 aliphatic carbocycles. The lowest BCUT2D eigenvalue weighted by molar-refractivity contribution is 0.0212. The molecule has 6 nitrogen and oxygen atoms in total. The largest absolute Gasteiger partial charge is 0.396 e. The minimum Gasteiger partial charge on any atom is -0.396 e. The van der Waals surface area contributed by atoms with Crippen LogP contribution in [0.4, 0.5) is 0 Å². The van der Waals surface area contributed by atoms with Gasteiger partial charge in [-0.3, -0.25) is 9.80 Å². The highest BCUT2D eigenvalue weighted by molar-refractivity contribution is 5.34. The van der Waals surface area contributed by atoms with Gasteiger partial charge in [-0.2, -0.15) is 0 Å². The molecule has 0 radical (unpaired) electrons. The zero-order valence-electron chi connectivity index (χ0n) is 17.7. The van der Waals surface area contributed by atoms with Crippen LogP contribution in [0.3, 0.4) is 0 Å². The molecule has 3 heterocycles. The van der Waals surface area contributed by atoms with Crippen LogP contribution < -0.4 is 0 Å². The highest BCUT2D eigenvalue weighted by atomic mass is 16.2. The van der Waals surface area contributed by atoms with Crippen molar-refractivity contribution in [3.05, 3.63) is 48.5 Å². The Morgan fingerprint density at radius 3 is 2.55 bits per heavy atom. The highest BCUT2D eigenvalue weighted by Crippen LogP contribution is 2.28. The summed E-state index contributed by atoms with van der Waals surface area (Å²) in [4.78, 5) is 11.9. The van der Waals surface area contributed by atoms with Crippen molar-refractivity contribution in [2.75, 3.05) is 52.9 Å². The van der Waals surface area contributed by atoms with Gasteiger partial charge in [0, 0.05) is 70.0 Å². The van der Waals surface area contributed by atoms with Crippen LogP contribution in [0.25, 0.3) is 5.69 Å². The van der Waals surface area contributed by atoms with Gasteiger partial charge in [-0.15, -0.1) is 0 Å². The van der Waals surface area contributed by atoms with Crippen molar-refractivity contribution in [1.29, 1.82) is 0 Å². The summed E-state index contributed by atoms with van der Waals surface area (Å²) in [5.74, 6) is 0.657. The monoisotopic (exact) mass is 397 g/mol. The fraction of sp³-hybridized carbons (Fsp3) is 0.609. The summed E-state index contributed by atoms with van der Waals surface area (Å²) in [6.07, 6.45) is 8.91. The summed E-state index contributed by atoms with van der Waals surface area (Å²) >= 11 is 0. The Morgan fingerprint density at radius 1 is 1.07 bits per heavy atom. The molecule has 2 aliphatic rings. The van der Waals surface area contributed by atoms with Crippen LogP contribution >= 0.6 is 0 Å². The molecule has 4 rings (SSSR count). The molecule has 6 heteroatoms. The van der Waals surface area contributed by atoms with Gasteiger partial charge in [0.1, 0.15) is 0 Å². The lowest BCUT2D eigenvalue weighted by Gasteiger charge is -2.46. The van der Waals surface area contributed by atoms with Crippen LogP contribution in [0.15, 0.2) is 43.0 Å². The number of piperazine rings is 1. The third-order valence-corrected chi connectivity index (χ3v) is 6.66. The van der Waals surface area contributed by atoms with E-state index < -0.39 is 0 Å². The summed E-state index contributed by atoms with van der Waals surface area (Å²) in [6, 6.07) is 9.51. The summed E-state index contributed by atoms with van der Waals surface area (Å²) in [5.41, 5.74) is 2.52. The zero-order chi connectivity index (χ0) is 20.1. The predicted molar refractivity (Wildman–Crippen MR) is 116 cm³/mol. The van der Waals surface area contributed by atoms with E-state index in [0.29, 0.717) is 18.6 Å². The molecular weight excluding hydrogens is 362 g/mol. The quantitative estimate of drug-likeness (QED) is 0.775. The number of nitrogens with zero attached hydrogens (tertiary/aromatic N) is 5. The number of likely N-dealkylation sites (tertiary alicyclic amines) is 1. The summed E-state index contributed by atoms with van der Waals surface area (Å²) in [6.45, 7) is 8.35. The van der Waals surface area contributed by atoms with Gasteiger partial charge >= 0.3 is 0 Å². The van der Waals surface area contributed by atoms with Crippen LogP contribution in [-0.2, 0) is 6.54 Å². The number of rotatable bonds is 7. The normalized spacial score (nSPS) is 24.8. The Kier molecular flexibility index (Phi) is 6.98. The average molecular weight is 398 g/mol. The fourth-order valence-electron chi connectivity index (χ4n) is 4.95. The number of aliphatic hydroxyl groups is 1. The molecule has 2 aliphatic heterocycles.